The molecule has 0 bridgehead atoms. The highest BCUT2D eigenvalue weighted by Crippen LogP contribution is 2.13. The van der Waals surface area contributed by atoms with E-state index in [-0.39, 0.29) is 29.4 Å². The third kappa shape index (κ3) is 7.74. The third-order valence-electron chi connectivity index (χ3n) is 3.79. The quantitative estimate of drug-likeness (QED) is 0.647. The van der Waals surface area contributed by atoms with Crippen LogP contribution in [0.4, 0.5) is 5.82 Å². The number of benzene rings is 1. The number of aromatic nitrogens is 1. The third-order valence-corrected chi connectivity index (χ3v) is 4.73. The molecule has 0 spiro atoms. The predicted molar refractivity (Wildman–Crippen MR) is 106 cm³/mol. The molecular weight excluding hydrogens is 366 g/mol. The van der Waals surface area contributed by atoms with Gasteiger partial charge < -0.3 is 19.9 Å². The maximum atomic E-state index is 12.0. The highest BCUT2D eigenvalue weighted by atomic mass is 32.2. The van der Waals surface area contributed by atoms with Crippen molar-refractivity contribution in [3.8, 4) is 5.75 Å². The lowest BCUT2D eigenvalue weighted by atomic mass is 10.1. The zero-order chi connectivity index (χ0) is 19.6. The Labute approximate surface area is 163 Å². The number of nitrogens with one attached hydrogen (secondary N) is 2. The molecular formula is C19H25N3O4S. The molecule has 0 radical (unpaired) electrons. The molecule has 2 N–H and O–H groups in total. The van der Waals surface area contributed by atoms with Crippen molar-refractivity contribution in [2.45, 2.75) is 32.7 Å². The van der Waals surface area contributed by atoms with Gasteiger partial charge in [-0.25, -0.2) is 0 Å². The van der Waals surface area contributed by atoms with E-state index in [9.17, 15) is 9.59 Å². The molecule has 0 fully saturated rings. The summed E-state index contributed by atoms with van der Waals surface area (Å²) in [7, 11) is 1.64. The van der Waals surface area contributed by atoms with Crippen LogP contribution in [0.15, 0.2) is 34.9 Å². The second-order valence-electron chi connectivity index (χ2n) is 6.22. The molecule has 1 aromatic carbocycles. The van der Waals surface area contributed by atoms with E-state index in [2.05, 4.69) is 15.8 Å². The van der Waals surface area contributed by atoms with E-state index in [1.54, 1.807) is 20.1 Å². The molecule has 0 saturated heterocycles. The minimum atomic E-state index is -0.214. The minimum absolute atomic E-state index is 0.0622. The Bertz CT molecular complexity index is 746. The Morgan fingerprint density at radius 1 is 1.22 bits per heavy atom. The van der Waals surface area contributed by atoms with Crippen molar-refractivity contribution in [2.24, 2.45) is 0 Å². The molecule has 27 heavy (non-hydrogen) atoms. The number of nitrogens with zero attached hydrogens (tertiary/aromatic N) is 1. The van der Waals surface area contributed by atoms with Crippen molar-refractivity contribution >= 4 is 29.4 Å². The van der Waals surface area contributed by atoms with Crippen LogP contribution in [0, 0.1) is 6.92 Å². The second kappa shape index (κ2) is 10.6. The van der Waals surface area contributed by atoms with Crippen LogP contribution in [0.1, 0.15) is 24.7 Å². The number of thioether (sulfide) groups is 1. The van der Waals surface area contributed by atoms with Gasteiger partial charge in [-0.1, -0.05) is 17.3 Å². The molecule has 2 amide bonds. The van der Waals surface area contributed by atoms with Crippen molar-refractivity contribution in [1.82, 2.24) is 10.5 Å². The minimum Gasteiger partial charge on any atom is -0.497 e. The molecule has 2 rings (SSSR count). The summed E-state index contributed by atoms with van der Waals surface area (Å²) in [4.78, 5) is 23.8. The molecule has 0 aliphatic rings. The topological polar surface area (TPSA) is 93.5 Å². The van der Waals surface area contributed by atoms with Gasteiger partial charge >= 0.3 is 0 Å². The fraction of sp³-hybridized carbons (Fsp3) is 0.421. The van der Waals surface area contributed by atoms with Gasteiger partial charge in [0.25, 0.3) is 0 Å². The number of carbonyl (C=O) groups is 2. The molecule has 8 heteroatoms. The van der Waals surface area contributed by atoms with Gasteiger partial charge in [0.1, 0.15) is 11.5 Å². The monoisotopic (exact) mass is 391 g/mol. The average molecular weight is 391 g/mol. The fourth-order valence-electron chi connectivity index (χ4n) is 2.40. The first-order valence-corrected chi connectivity index (χ1v) is 9.85. The molecule has 0 aliphatic carbocycles. The molecule has 7 nitrogen and oxygen atoms in total. The average Bonchev–Trinajstić information content (AvgIpc) is 3.05. The summed E-state index contributed by atoms with van der Waals surface area (Å²) in [6, 6.07) is 9.62. The highest BCUT2D eigenvalue weighted by molar-refractivity contribution is 8.00. The summed E-state index contributed by atoms with van der Waals surface area (Å²) in [6.45, 7) is 3.73. The standard InChI is InChI=1S/C19H25N3O4S/c1-13(4-5-15-6-8-16(25-3)9-7-15)20-18(23)11-27-12-19(24)21-17-10-14(2)26-22-17/h6-10,13H,4-5,11-12H2,1-3H3,(H,20,23)(H,21,22,24). The summed E-state index contributed by atoms with van der Waals surface area (Å²) >= 11 is 1.26. The van der Waals surface area contributed by atoms with Crippen LogP contribution in [-0.2, 0) is 16.0 Å². The van der Waals surface area contributed by atoms with Gasteiger partial charge in [-0.15, -0.1) is 11.8 Å². The molecule has 1 atom stereocenters. The Morgan fingerprint density at radius 2 is 1.93 bits per heavy atom. The van der Waals surface area contributed by atoms with E-state index < -0.39 is 0 Å². The van der Waals surface area contributed by atoms with Gasteiger partial charge in [0.15, 0.2) is 5.82 Å². The lowest BCUT2D eigenvalue weighted by Crippen LogP contribution is -2.34. The Balaban J connectivity index is 1.60. The van der Waals surface area contributed by atoms with Crippen LogP contribution in [0.5, 0.6) is 5.75 Å². The lowest BCUT2D eigenvalue weighted by Gasteiger charge is -2.14. The molecule has 146 valence electrons. The van der Waals surface area contributed by atoms with Gasteiger partial charge in [-0.3, -0.25) is 9.59 Å². The number of amides is 2. The van der Waals surface area contributed by atoms with E-state index in [1.165, 1.54) is 17.3 Å². The van der Waals surface area contributed by atoms with E-state index in [0.717, 1.165) is 18.6 Å². The van der Waals surface area contributed by atoms with E-state index >= 15 is 0 Å². The van der Waals surface area contributed by atoms with E-state index in [0.29, 0.717) is 11.6 Å². The van der Waals surface area contributed by atoms with Gasteiger partial charge in [-0.05, 0) is 44.4 Å². The number of hydrogen-bond donors (Lipinski definition) is 2. The molecule has 2 aromatic rings. The van der Waals surface area contributed by atoms with Crippen molar-refractivity contribution in [3.05, 3.63) is 41.7 Å². The number of carbonyl (C=O) groups excluding carboxylic acids is 2. The first-order chi connectivity index (χ1) is 13.0. The van der Waals surface area contributed by atoms with E-state index in [4.69, 9.17) is 9.26 Å². The predicted octanol–water partition coefficient (Wildman–Crippen LogP) is 2.80. The summed E-state index contributed by atoms with van der Waals surface area (Å²) in [5.41, 5.74) is 1.20. The largest absolute Gasteiger partial charge is 0.497 e. The summed E-state index contributed by atoms with van der Waals surface area (Å²) in [6.07, 6.45) is 1.72. The number of hydrogen-bond acceptors (Lipinski definition) is 6. The number of methoxy groups -OCH3 is 1. The number of ether oxygens (including phenoxy) is 1. The van der Waals surface area contributed by atoms with E-state index in [1.807, 2.05) is 31.2 Å². The van der Waals surface area contributed by atoms with Crippen molar-refractivity contribution < 1.29 is 18.8 Å². The number of aryl methyl sites for hydroxylation is 2. The van der Waals surface area contributed by atoms with Crippen molar-refractivity contribution in [2.75, 3.05) is 23.9 Å². The smallest absolute Gasteiger partial charge is 0.235 e. The second-order valence-corrected chi connectivity index (χ2v) is 7.20. The molecule has 0 saturated carbocycles. The zero-order valence-electron chi connectivity index (χ0n) is 15.8. The van der Waals surface area contributed by atoms with Crippen molar-refractivity contribution in [3.63, 3.8) is 0 Å². The number of anilines is 1. The Morgan fingerprint density at radius 3 is 2.56 bits per heavy atom. The summed E-state index contributed by atoms with van der Waals surface area (Å²) < 4.78 is 10.0. The van der Waals surface area contributed by atoms with Gasteiger partial charge in [0.2, 0.25) is 11.8 Å². The number of rotatable bonds is 10. The van der Waals surface area contributed by atoms with Gasteiger partial charge in [0, 0.05) is 12.1 Å². The molecule has 1 unspecified atom stereocenters. The summed E-state index contributed by atoms with van der Waals surface area (Å²) in [5, 5.41) is 9.27. The van der Waals surface area contributed by atoms with Crippen LogP contribution in [0.3, 0.4) is 0 Å². The SMILES string of the molecule is COc1ccc(CCC(C)NC(=O)CSCC(=O)Nc2cc(C)on2)cc1. The fourth-order valence-corrected chi connectivity index (χ4v) is 3.03. The Hall–Kier alpha value is -2.48. The van der Waals surface area contributed by atoms with Crippen LogP contribution in [0.2, 0.25) is 0 Å². The normalized spacial score (nSPS) is 11.7. The highest BCUT2D eigenvalue weighted by Gasteiger charge is 2.10. The molecule has 0 aliphatic heterocycles. The summed E-state index contributed by atoms with van der Waals surface area (Å²) in [5.74, 6) is 1.97. The first-order valence-electron chi connectivity index (χ1n) is 8.69. The molecule has 1 heterocycles. The van der Waals surface area contributed by atoms with Crippen LogP contribution in [-0.4, -0.2) is 41.6 Å². The first kappa shape index (κ1) is 20.8. The van der Waals surface area contributed by atoms with Gasteiger partial charge in [-0.2, -0.15) is 0 Å². The lowest BCUT2D eigenvalue weighted by molar-refractivity contribution is -0.119. The Kier molecular flexibility index (Phi) is 8.19. The van der Waals surface area contributed by atoms with Crippen LogP contribution < -0.4 is 15.4 Å². The maximum absolute atomic E-state index is 12.0. The van der Waals surface area contributed by atoms with Crippen molar-refractivity contribution in [1.29, 1.82) is 0 Å². The zero-order valence-corrected chi connectivity index (χ0v) is 16.6. The van der Waals surface area contributed by atoms with Crippen LogP contribution in [0.25, 0.3) is 0 Å². The van der Waals surface area contributed by atoms with Gasteiger partial charge in [0.05, 0.1) is 18.6 Å². The maximum Gasteiger partial charge on any atom is 0.235 e. The van der Waals surface area contributed by atoms with Crippen LogP contribution >= 0.6 is 11.8 Å². The molecule has 1 aromatic heterocycles.